The fraction of sp³-hybridized carbons (Fsp3) is 0.795. The predicted molar refractivity (Wildman–Crippen MR) is 224 cm³/mol. The molecule has 53 heavy (non-hydrogen) atoms. The molecular formula is C44H83NO7P+. The number of esters is 1. The van der Waals surface area contributed by atoms with Crippen LogP contribution in [0.4, 0.5) is 0 Å². The summed E-state index contributed by atoms with van der Waals surface area (Å²) in [6, 6.07) is 0. The molecule has 2 atom stereocenters. The molecule has 1 N–H and O–H groups in total. The third kappa shape index (κ3) is 41.5. The van der Waals surface area contributed by atoms with E-state index in [1.807, 2.05) is 21.1 Å². The fourth-order valence-corrected chi connectivity index (χ4v) is 6.22. The molecule has 0 aromatic carbocycles. The van der Waals surface area contributed by atoms with Crippen molar-refractivity contribution in [3.05, 3.63) is 48.6 Å². The molecule has 0 aliphatic carbocycles. The van der Waals surface area contributed by atoms with Gasteiger partial charge in [0.1, 0.15) is 19.3 Å². The molecule has 9 heteroatoms. The molecule has 0 aromatic heterocycles. The molecule has 0 saturated heterocycles. The quantitative estimate of drug-likeness (QED) is 0.0219. The molecule has 0 spiro atoms. The summed E-state index contributed by atoms with van der Waals surface area (Å²) in [5, 5.41) is 0. The number of rotatable bonds is 39. The molecule has 2 unspecified atom stereocenters. The van der Waals surface area contributed by atoms with E-state index >= 15 is 0 Å². The summed E-state index contributed by atoms with van der Waals surface area (Å²) >= 11 is 0. The molecule has 0 aliphatic heterocycles. The second-order valence-electron chi connectivity index (χ2n) is 15.4. The fourth-order valence-electron chi connectivity index (χ4n) is 5.48. The van der Waals surface area contributed by atoms with Gasteiger partial charge in [0.2, 0.25) is 0 Å². The number of carbonyl (C=O) groups is 1. The van der Waals surface area contributed by atoms with Crippen molar-refractivity contribution in [2.45, 2.75) is 174 Å². The zero-order valence-electron chi connectivity index (χ0n) is 35.0. The zero-order valence-corrected chi connectivity index (χ0v) is 35.9. The van der Waals surface area contributed by atoms with Crippen molar-refractivity contribution in [1.29, 1.82) is 0 Å². The number of unbranched alkanes of at least 4 members (excludes halogenated alkanes) is 17. The Hall–Kier alpha value is -1.54. The predicted octanol–water partition coefficient (Wildman–Crippen LogP) is 12.4. The number of allylic oxidation sites excluding steroid dienone is 8. The Labute approximate surface area is 327 Å². The van der Waals surface area contributed by atoms with E-state index in [1.165, 1.54) is 89.9 Å². The van der Waals surface area contributed by atoms with Crippen LogP contribution in [-0.4, -0.2) is 75.6 Å². The number of nitrogens with zero attached hydrogens (tertiary/aromatic N) is 1. The number of hydrogen-bond acceptors (Lipinski definition) is 6. The Bertz CT molecular complexity index is 989. The molecular weight excluding hydrogens is 685 g/mol. The minimum absolute atomic E-state index is 0.0831. The molecule has 0 bridgehead atoms. The smallest absolute Gasteiger partial charge is 0.457 e. The van der Waals surface area contributed by atoms with E-state index < -0.39 is 13.9 Å². The molecule has 0 heterocycles. The van der Waals surface area contributed by atoms with Gasteiger partial charge in [-0.3, -0.25) is 13.8 Å². The first-order valence-electron chi connectivity index (χ1n) is 21.4. The Morgan fingerprint density at radius 1 is 0.585 bits per heavy atom. The van der Waals surface area contributed by atoms with Crippen LogP contribution in [-0.2, 0) is 27.9 Å². The van der Waals surface area contributed by atoms with Gasteiger partial charge in [0.15, 0.2) is 0 Å². The van der Waals surface area contributed by atoms with E-state index in [9.17, 15) is 14.3 Å². The van der Waals surface area contributed by atoms with Crippen LogP contribution in [0.3, 0.4) is 0 Å². The van der Waals surface area contributed by atoms with Crippen molar-refractivity contribution in [1.82, 2.24) is 0 Å². The minimum Gasteiger partial charge on any atom is -0.457 e. The number of hydrogen-bond donors (Lipinski definition) is 1. The van der Waals surface area contributed by atoms with E-state index in [0.29, 0.717) is 24.1 Å². The van der Waals surface area contributed by atoms with E-state index in [2.05, 4.69) is 62.5 Å². The van der Waals surface area contributed by atoms with Gasteiger partial charge in [0.25, 0.3) is 0 Å². The van der Waals surface area contributed by atoms with Crippen molar-refractivity contribution in [3.63, 3.8) is 0 Å². The SMILES string of the molecule is CCCC/C=C\CCCCCCCCOCC(COP(=O)(O)OCC[N+](C)(C)C)OC(=O)CCCCCCCC/C=C\C/C=C\C/C=C\CCCCC. The number of likely N-dealkylation sites (N-methyl/N-ethyl adjacent to an activating group) is 1. The van der Waals surface area contributed by atoms with Crippen molar-refractivity contribution < 1.29 is 37.3 Å². The van der Waals surface area contributed by atoms with E-state index in [1.54, 1.807) is 0 Å². The summed E-state index contributed by atoms with van der Waals surface area (Å²) < 4.78 is 34.9. The van der Waals surface area contributed by atoms with Crippen LogP contribution in [0.25, 0.3) is 0 Å². The highest BCUT2D eigenvalue weighted by Crippen LogP contribution is 2.43. The first kappa shape index (κ1) is 51.5. The molecule has 0 aliphatic rings. The van der Waals surface area contributed by atoms with Crippen LogP contribution in [0.2, 0.25) is 0 Å². The second kappa shape index (κ2) is 37.4. The van der Waals surface area contributed by atoms with Crippen LogP contribution in [0.15, 0.2) is 48.6 Å². The summed E-state index contributed by atoms with van der Waals surface area (Å²) in [7, 11) is 1.65. The van der Waals surface area contributed by atoms with Crippen molar-refractivity contribution in [3.8, 4) is 0 Å². The number of ether oxygens (including phenoxy) is 2. The molecule has 0 radical (unpaired) electrons. The molecule has 0 aromatic rings. The highest BCUT2D eigenvalue weighted by atomic mass is 31.2. The van der Waals surface area contributed by atoms with Crippen LogP contribution in [0.1, 0.15) is 168 Å². The van der Waals surface area contributed by atoms with Crippen molar-refractivity contribution in [2.75, 3.05) is 54.1 Å². The largest absolute Gasteiger partial charge is 0.472 e. The maximum absolute atomic E-state index is 12.7. The Morgan fingerprint density at radius 2 is 1.06 bits per heavy atom. The van der Waals surface area contributed by atoms with Gasteiger partial charge in [0.05, 0.1) is 34.4 Å². The average Bonchev–Trinajstić information content (AvgIpc) is 3.11. The lowest BCUT2D eigenvalue weighted by Gasteiger charge is -2.24. The second-order valence-corrected chi connectivity index (χ2v) is 16.8. The normalized spacial score (nSPS) is 14.3. The first-order chi connectivity index (χ1) is 25.6. The third-order valence-electron chi connectivity index (χ3n) is 8.86. The molecule has 0 amide bonds. The molecule has 0 fully saturated rings. The van der Waals surface area contributed by atoms with E-state index in [-0.39, 0.29) is 25.8 Å². The van der Waals surface area contributed by atoms with Crippen LogP contribution < -0.4 is 0 Å². The summed E-state index contributed by atoms with van der Waals surface area (Å²) in [5.74, 6) is -0.330. The van der Waals surface area contributed by atoms with Gasteiger partial charge in [-0.1, -0.05) is 140 Å². The van der Waals surface area contributed by atoms with Crippen LogP contribution in [0, 0.1) is 0 Å². The van der Waals surface area contributed by atoms with Crippen LogP contribution >= 0.6 is 7.82 Å². The standard InChI is InChI=1S/C44H82NO7P/c1-6-8-10-12-14-16-18-20-21-22-23-24-25-26-27-29-31-33-35-37-44(46)52-43(42-51-53(47,48)50-40-38-45(3,4)5)41-49-39-36-34-32-30-28-19-17-15-13-11-9-7-2/h13-16,20-21,23-24,43H,6-12,17-19,22,25-42H2,1-5H3/p+1/b15-13-,16-14-,21-20-,24-23-. The Morgan fingerprint density at radius 3 is 1.62 bits per heavy atom. The Balaban J connectivity index is 4.27. The summed E-state index contributed by atoms with van der Waals surface area (Å²) in [6.45, 7) is 5.52. The average molecular weight is 769 g/mol. The third-order valence-corrected chi connectivity index (χ3v) is 9.85. The van der Waals surface area contributed by atoms with Gasteiger partial charge in [-0.2, -0.15) is 0 Å². The van der Waals surface area contributed by atoms with Crippen molar-refractivity contribution in [2.24, 2.45) is 0 Å². The lowest BCUT2D eigenvalue weighted by molar-refractivity contribution is -0.870. The highest BCUT2D eigenvalue weighted by Gasteiger charge is 2.26. The van der Waals surface area contributed by atoms with Crippen molar-refractivity contribution >= 4 is 13.8 Å². The summed E-state index contributed by atoms with van der Waals surface area (Å²) in [5.41, 5.74) is 0. The van der Waals surface area contributed by atoms with Gasteiger partial charge >= 0.3 is 13.8 Å². The number of carbonyl (C=O) groups excluding carboxylic acids is 1. The lowest BCUT2D eigenvalue weighted by Crippen LogP contribution is -2.37. The monoisotopic (exact) mass is 769 g/mol. The Kier molecular flexibility index (Phi) is 36.3. The van der Waals surface area contributed by atoms with Gasteiger partial charge in [-0.15, -0.1) is 0 Å². The zero-order chi connectivity index (χ0) is 39.1. The van der Waals surface area contributed by atoms with E-state index in [4.69, 9.17) is 18.5 Å². The maximum atomic E-state index is 12.7. The number of phosphoric acid groups is 1. The molecule has 0 rings (SSSR count). The number of quaternary nitrogens is 1. The topological polar surface area (TPSA) is 91.3 Å². The van der Waals surface area contributed by atoms with Gasteiger partial charge < -0.3 is 18.9 Å². The van der Waals surface area contributed by atoms with E-state index in [0.717, 1.165) is 57.8 Å². The van der Waals surface area contributed by atoms with Gasteiger partial charge in [-0.25, -0.2) is 4.57 Å². The lowest BCUT2D eigenvalue weighted by atomic mass is 10.1. The number of phosphoric ester groups is 1. The highest BCUT2D eigenvalue weighted by molar-refractivity contribution is 7.47. The summed E-state index contributed by atoms with van der Waals surface area (Å²) in [4.78, 5) is 22.9. The van der Waals surface area contributed by atoms with Gasteiger partial charge in [0, 0.05) is 13.0 Å². The molecule has 310 valence electrons. The molecule has 8 nitrogen and oxygen atoms in total. The van der Waals surface area contributed by atoms with Crippen LogP contribution in [0.5, 0.6) is 0 Å². The minimum atomic E-state index is -4.28. The maximum Gasteiger partial charge on any atom is 0.472 e. The summed E-state index contributed by atoms with van der Waals surface area (Å²) in [6.07, 6.45) is 44.2. The first-order valence-corrected chi connectivity index (χ1v) is 22.9. The molecule has 0 saturated carbocycles. The van der Waals surface area contributed by atoms with Gasteiger partial charge in [-0.05, 0) is 70.6 Å².